The minimum absolute atomic E-state index is 0.0128. The molecule has 186 valence electrons. The zero-order valence-electron chi connectivity index (χ0n) is 19.7. The number of halogens is 1. The van der Waals surface area contributed by atoms with Crippen LogP contribution in [-0.4, -0.2) is 35.0 Å². The fourth-order valence-electron chi connectivity index (χ4n) is 5.17. The maximum atomic E-state index is 13.8. The highest BCUT2D eigenvalue weighted by molar-refractivity contribution is 9.10. The second kappa shape index (κ2) is 9.12. The average Bonchev–Trinajstić information content (AvgIpc) is 3.63. The van der Waals surface area contributed by atoms with E-state index in [0.29, 0.717) is 22.2 Å². The number of ketones is 1. The molecule has 7 nitrogen and oxygen atoms in total. The maximum Gasteiger partial charge on any atom is 0.294 e. The number of fused-ring (bicyclic) bond motifs is 1. The van der Waals surface area contributed by atoms with E-state index in [9.17, 15) is 19.8 Å². The van der Waals surface area contributed by atoms with E-state index in [-0.39, 0.29) is 17.1 Å². The van der Waals surface area contributed by atoms with Crippen LogP contribution in [0.2, 0.25) is 0 Å². The van der Waals surface area contributed by atoms with Gasteiger partial charge in [-0.1, -0.05) is 28.1 Å². The molecule has 3 heterocycles. The number of hydrogen-bond donors (Lipinski definition) is 2. The van der Waals surface area contributed by atoms with Gasteiger partial charge in [0.2, 0.25) is 5.78 Å². The van der Waals surface area contributed by atoms with E-state index in [1.54, 1.807) is 30.3 Å². The molecule has 1 aromatic heterocycles. The molecule has 1 saturated heterocycles. The van der Waals surface area contributed by atoms with Gasteiger partial charge in [0, 0.05) is 34.3 Å². The van der Waals surface area contributed by atoms with Crippen LogP contribution in [0.3, 0.4) is 0 Å². The zero-order valence-corrected chi connectivity index (χ0v) is 21.3. The van der Waals surface area contributed by atoms with Gasteiger partial charge in [-0.2, -0.15) is 0 Å². The number of phenols is 1. The zero-order chi connectivity index (χ0) is 25.7. The summed E-state index contributed by atoms with van der Waals surface area (Å²) in [4.78, 5) is 30.9. The summed E-state index contributed by atoms with van der Waals surface area (Å²) < 4.78 is 6.63. The summed E-state index contributed by atoms with van der Waals surface area (Å²) in [6, 6.07) is 19.9. The van der Waals surface area contributed by atoms with Crippen molar-refractivity contribution in [3.63, 3.8) is 0 Å². The quantitative estimate of drug-likeness (QED) is 0.280. The number of Topliss-reactive ketones (excluding diaryl/α,β-unsaturated/α-hetero) is 1. The summed E-state index contributed by atoms with van der Waals surface area (Å²) >= 11 is 3.42. The third kappa shape index (κ3) is 4.07. The second-order valence-electron chi connectivity index (χ2n) is 9.27. The summed E-state index contributed by atoms with van der Waals surface area (Å²) in [7, 11) is 0. The van der Waals surface area contributed by atoms with E-state index in [1.807, 2.05) is 30.3 Å². The first-order valence-corrected chi connectivity index (χ1v) is 12.8. The minimum Gasteiger partial charge on any atom is -0.508 e. The number of amides is 1. The number of aliphatic hydroxyl groups is 1. The maximum absolute atomic E-state index is 13.8. The van der Waals surface area contributed by atoms with Crippen LogP contribution >= 0.6 is 15.9 Å². The van der Waals surface area contributed by atoms with Crippen molar-refractivity contribution in [3.05, 3.63) is 99.9 Å². The summed E-state index contributed by atoms with van der Waals surface area (Å²) in [5.74, 6) is -1.92. The van der Waals surface area contributed by atoms with E-state index in [4.69, 9.17) is 4.42 Å². The molecule has 2 aliphatic rings. The van der Waals surface area contributed by atoms with Crippen molar-refractivity contribution in [3.8, 4) is 5.75 Å². The lowest BCUT2D eigenvalue weighted by molar-refractivity contribution is -0.117. The van der Waals surface area contributed by atoms with Crippen molar-refractivity contribution in [2.75, 3.05) is 22.9 Å². The van der Waals surface area contributed by atoms with Crippen LogP contribution < -0.4 is 9.80 Å². The van der Waals surface area contributed by atoms with Crippen LogP contribution in [0.15, 0.2) is 93.0 Å². The van der Waals surface area contributed by atoms with Crippen LogP contribution in [0.25, 0.3) is 11.0 Å². The van der Waals surface area contributed by atoms with Crippen molar-refractivity contribution in [1.82, 2.24) is 0 Å². The minimum atomic E-state index is -0.954. The Bertz CT molecular complexity index is 1570. The number of rotatable bonds is 5. The van der Waals surface area contributed by atoms with Crippen LogP contribution in [0, 0.1) is 0 Å². The number of carbonyl (C=O) groups is 2. The molecule has 3 aromatic carbocycles. The van der Waals surface area contributed by atoms with E-state index in [2.05, 4.69) is 20.8 Å². The summed E-state index contributed by atoms with van der Waals surface area (Å²) in [5.41, 5.74) is 2.49. The Morgan fingerprint density at radius 1 is 0.919 bits per heavy atom. The van der Waals surface area contributed by atoms with Gasteiger partial charge in [-0.25, -0.2) is 0 Å². The van der Waals surface area contributed by atoms with E-state index in [1.165, 1.54) is 17.0 Å². The molecular formula is C29H23BrN2O5. The fraction of sp³-hybridized carbons (Fsp3) is 0.172. The molecule has 0 saturated carbocycles. The number of carbonyl (C=O) groups excluding carboxylic acids is 2. The van der Waals surface area contributed by atoms with Crippen molar-refractivity contribution >= 4 is 50.0 Å². The smallest absolute Gasteiger partial charge is 0.294 e. The largest absolute Gasteiger partial charge is 0.508 e. The van der Waals surface area contributed by atoms with Gasteiger partial charge in [0.15, 0.2) is 11.5 Å². The number of hydrogen-bond acceptors (Lipinski definition) is 6. The lowest BCUT2D eigenvalue weighted by Crippen LogP contribution is -2.31. The second-order valence-corrected chi connectivity index (χ2v) is 10.2. The molecule has 6 rings (SSSR count). The van der Waals surface area contributed by atoms with Gasteiger partial charge in [-0.05, 0) is 79.1 Å². The first kappa shape index (κ1) is 23.4. The Labute approximate surface area is 221 Å². The lowest BCUT2D eigenvalue weighted by atomic mass is 9.94. The Hall–Kier alpha value is -4.04. The molecule has 1 amide bonds. The number of aromatic hydroxyl groups is 1. The molecule has 8 heteroatoms. The topological polar surface area (TPSA) is 94.2 Å². The Balaban J connectivity index is 1.43. The Morgan fingerprint density at radius 3 is 2.38 bits per heavy atom. The van der Waals surface area contributed by atoms with Crippen molar-refractivity contribution in [2.24, 2.45) is 0 Å². The Kier molecular flexibility index (Phi) is 5.76. The lowest BCUT2D eigenvalue weighted by Gasteiger charge is -2.27. The van der Waals surface area contributed by atoms with Crippen molar-refractivity contribution in [2.45, 2.75) is 18.9 Å². The molecule has 0 bridgehead atoms. The number of nitrogens with zero attached hydrogens (tertiary/aromatic N) is 2. The summed E-state index contributed by atoms with van der Waals surface area (Å²) in [6.45, 7) is 1.98. The van der Waals surface area contributed by atoms with Gasteiger partial charge >= 0.3 is 0 Å². The molecule has 1 atom stereocenters. The van der Waals surface area contributed by atoms with Gasteiger partial charge in [0.05, 0.1) is 11.6 Å². The number of anilines is 2. The molecule has 0 aliphatic carbocycles. The molecule has 0 spiro atoms. The third-order valence-corrected chi connectivity index (χ3v) is 7.43. The summed E-state index contributed by atoms with van der Waals surface area (Å²) in [5, 5.41) is 21.9. The normalized spacial score (nSPS) is 17.9. The van der Waals surface area contributed by atoms with Gasteiger partial charge in [0.1, 0.15) is 11.3 Å². The van der Waals surface area contributed by atoms with Crippen LogP contribution in [0.1, 0.15) is 35.0 Å². The number of phenolic OH excluding ortho intramolecular Hbond substituents is 1. The molecule has 2 N–H and O–H groups in total. The molecule has 0 radical (unpaired) electrons. The predicted octanol–water partition coefficient (Wildman–Crippen LogP) is 6.28. The average molecular weight is 559 g/mol. The highest BCUT2D eigenvalue weighted by Crippen LogP contribution is 2.43. The van der Waals surface area contributed by atoms with Crippen LogP contribution in [0.5, 0.6) is 5.75 Å². The Morgan fingerprint density at radius 2 is 1.65 bits per heavy atom. The molecule has 1 fully saturated rings. The van der Waals surface area contributed by atoms with Crippen LogP contribution in [-0.2, 0) is 4.79 Å². The molecule has 37 heavy (non-hydrogen) atoms. The fourth-order valence-corrected chi connectivity index (χ4v) is 5.55. The first-order chi connectivity index (χ1) is 17.9. The van der Waals surface area contributed by atoms with Gasteiger partial charge in [0.25, 0.3) is 5.91 Å². The van der Waals surface area contributed by atoms with Gasteiger partial charge in [-0.15, -0.1) is 0 Å². The van der Waals surface area contributed by atoms with E-state index in [0.717, 1.165) is 36.1 Å². The third-order valence-electron chi connectivity index (χ3n) is 6.94. The summed E-state index contributed by atoms with van der Waals surface area (Å²) in [6.07, 6.45) is 2.29. The number of benzene rings is 3. The van der Waals surface area contributed by atoms with Crippen molar-refractivity contribution < 1.29 is 24.2 Å². The SMILES string of the molecule is O=C(C1=C(O)C(=O)N(c2ccc(N3CCCC3)cc2)C1c1cccc(O)c1)c1cc2cc(Br)ccc2o1. The standard InChI is InChI=1S/C29H23BrN2O5/c30-19-6-11-23-18(14-19)16-24(37-23)27(34)25-26(17-4-3-5-22(33)15-17)32(29(36)28(25)35)21-9-7-20(8-10-21)31-12-1-2-13-31/h3-11,14-16,26,33,35H,1-2,12-13H2. The number of aliphatic hydroxyl groups excluding tert-OH is 1. The van der Waals surface area contributed by atoms with E-state index < -0.39 is 23.5 Å². The van der Waals surface area contributed by atoms with Crippen LogP contribution in [0.4, 0.5) is 11.4 Å². The first-order valence-electron chi connectivity index (χ1n) is 12.0. The monoisotopic (exact) mass is 558 g/mol. The predicted molar refractivity (Wildman–Crippen MR) is 144 cm³/mol. The van der Waals surface area contributed by atoms with Gasteiger partial charge in [-0.3, -0.25) is 14.5 Å². The molecule has 2 aliphatic heterocycles. The van der Waals surface area contributed by atoms with E-state index >= 15 is 0 Å². The highest BCUT2D eigenvalue weighted by Gasteiger charge is 2.45. The highest BCUT2D eigenvalue weighted by atomic mass is 79.9. The molecule has 1 unspecified atom stereocenters. The number of furan rings is 1. The molecular weight excluding hydrogens is 536 g/mol. The van der Waals surface area contributed by atoms with Crippen molar-refractivity contribution in [1.29, 1.82) is 0 Å². The molecule has 4 aromatic rings. The van der Waals surface area contributed by atoms with Gasteiger partial charge < -0.3 is 19.5 Å².